The van der Waals surface area contributed by atoms with Crippen molar-refractivity contribution >= 4 is 0 Å². The lowest BCUT2D eigenvalue weighted by molar-refractivity contribution is 0.225. The molecule has 102 valence electrons. The quantitative estimate of drug-likeness (QED) is 0.679. The zero-order valence-corrected chi connectivity index (χ0v) is 12.1. The topological polar surface area (TPSA) is 24.1 Å². The van der Waals surface area contributed by atoms with Crippen LogP contribution in [0.3, 0.4) is 0 Å². The third kappa shape index (κ3) is 5.39. The maximum Gasteiger partial charge on any atom is 0.0190 e. The number of nitrogens with one attached hydrogen (secondary N) is 2. The molecule has 1 aliphatic rings. The van der Waals surface area contributed by atoms with Crippen LogP contribution in [0.2, 0.25) is 0 Å². The van der Waals surface area contributed by atoms with Gasteiger partial charge < -0.3 is 10.6 Å². The Hall–Kier alpha value is -0.0800. The van der Waals surface area contributed by atoms with E-state index < -0.39 is 0 Å². The summed E-state index contributed by atoms with van der Waals surface area (Å²) in [7, 11) is 2.14. The second-order valence-corrected chi connectivity index (χ2v) is 5.84. The summed E-state index contributed by atoms with van der Waals surface area (Å²) in [5.41, 5.74) is 0.440. The highest BCUT2D eigenvalue weighted by Crippen LogP contribution is 2.30. The Morgan fingerprint density at radius 2 is 1.88 bits per heavy atom. The Morgan fingerprint density at radius 3 is 2.47 bits per heavy atom. The predicted octanol–water partition coefficient (Wildman–Crippen LogP) is 3.47. The minimum Gasteiger partial charge on any atom is -0.314 e. The molecule has 17 heavy (non-hydrogen) atoms. The Balaban J connectivity index is 2.18. The van der Waals surface area contributed by atoms with Crippen LogP contribution < -0.4 is 10.6 Å². The van der Waals surface area contributed by atoms with Crippen LogP contribution in [0.15, 0.2) is 0 Å². The fourth-order valence-corrected chi connectivity index (χ4v) is 3.02. The van der Waals surface area contributed by atoms with Gasteiger partial charge >= 0.3 is 0 Å². The molecule has 2 nitrogen and oxygen atoms in total. The summed E-state index contributed by atoms with van der Waals surface area (Å²) < 4.78 is 0. The highest BCUT2D eigenvalue weighted by Gasteiger charge is 2.29. The van der Waals surface area contributed by atoms with Crippen molar-refractivity contribution in [2.75, 3.05) is 13.6 Å². The third-order valence-electron chi connectivity index (χ3n) is 4.43. The molecule has 0 amide bonds. The number of hydrogen-bond donors (Lipinski definition) is 2. The van der Waals surface area contributed by atoms with Gasteiger partial charge in [-0.2, -0.15) is 0 Å². The van der Waals surface area contributed by atoms with Crippen molar-refractivity contribution < 1.29 is 0 Å². The van der Waals surface area contributed by atoms with Crippen LogP contribution in [-0.2, 0) is 0 Å². The molecule has 2 heteroatoms. The van der Waals surface area contributed by atoms with Gasteiger partial charge in [-0.05, 0) is 46.2 Å². The van der Waals surface area contributed by atoms with E-state index in [1.54, 1.807) is 0 Å². The standard InChI is InChI=1S/C15H32N2/c1-4-5-9-14(2)17-13-12-15(16-3)10-7-6-8-11-15/h14,16-17H,4-13H2,1-3H3. The SMILES string of the molecule is CCCCC(C)NCCC1(NC)CCCCC1. The van der Waals surface area contributed by atoms with Crippen molar-refractivity contribution in [3.63, 3.8) is 0 Å². The normalized spacial score (nSPS) is 21.4. The van der Waals surface area contributed by atoms with Crippen molar-refractivity contribution in [3.8, 4) is 0 Å². The molecule has 1 atom stereocenters. The van der Waals surface area contributed by atoms with Gasteiger partial charge in [-0.1, -0.05) is 39.0 Å². The van der Waals surface area contributed by atoms with Gasteiger partial charge in [0, 0.05) is 11.6 Å². The van der Waals surface area contributed by atoms with Crippen LogP contribution in [-0.4, -0.2) is 25.2 Å². The molecule has 1 unspecified atom stereocenters. The largest absolute Gasteiger partial charge is 0.314 e. The summed E-state index contributed by atoms with van der Waals surface area (Å²) >= 11 is 0. The fraction of sp³-hybridized carbons (Fsp3) is 1.00. The van der Waals surface area contributed by atoms with Gasteiger partial charge in [0.25, 0.3) is 0 Å². The minimum absolute atomic E-state index is 0.440. The first-order chi connectivity index (χ1) is 8.22. The van der Waals surface area contributed by atoms with E-state index in [1.807, 2.05) is 0 Å². The highest BCUT2D eigenvalue weighted by atomic mass is 15.0. The van der Waals surface area contributed by atoms with Gasteiger partial charge in [-0.25, -0.2) is 0 Å². The zero-order chi connectivity index (χ0) is 12.6. The van der Waals surface area contributed by atoms with Crippen molar-refractivity contribution in [1.82, 2.24) is 10.6 Å². The van der Waals surface area contributed by atoms with E-state index >= 15 is 0 Å². The number of hydrogen-bond acceptors (Lipinski definition) is 2. The van der Waals surface area contributed by atoms with E-state index in [2.05, 4.69) is 31.5 Å². The van der Waals surface area contributed by atoms with E-state index in [9.17, 15) is 0 Å². The molecule has 0 aromatic rings. The van der Waals surface area contributed by atoms with Gasteiger partial charge in [0.15, 0.2) is 0 Å². The van der Waals surface area contributed by atoms with Crippen molar-refractivity contribution in [1.29, 1.82) is 0 Å². The molecule has 0 aromatic heterocycles. The lowest BCUT2D eigenvalue weighted by Gasteiger charge is -2.37. The Bertz CT molecular complexity index is 185. The predicted molar refractivity (Wildman–Crippen MR) is 76.5 cm³/mol. The summed E-state index contributed by atoms with van der Waals surface area (Å²) in [6.07, 6.45) is 12.3. The van der Waals surface area contributed by atoms with Gasteiger partial charge in [0.2, 0.25) is 0 Å². The van der Waals surface area contributed by atoms with Gasteiger partial charge in [-0.15, -0.1) is 0 Å². The lowest BCUT2D eigenvalue weighted by Crippen LogP contribution is -2.47. The number of unbranched alkanes of at least 4 members (excludes halogenated alkanes) is 1. The van der Waals surface area contributed by atoms with E-state index in [4.69, 9.17) is 0 Å². The van der Waals surface area contributed by atoms with E-state index in [1.165, 1.54) is 64.3 Å². The molecular weight excluding hydrogens is 208 g/mol. The Kier molecular flexibility index (Phi) is 7.14. The molecule has 2 N–H and O–H groups in total. The summed E-state index contributed by atoms with van der Waals surface area (Å²) in [6.45, 7) is 5.76. The average molecular weight is 240 g/mol. The molecular formula is C15H32N2. The molecule has 0 heterocycles. The summed E-state index contributed by atoms with van der Waals surface area (Å²) in [4.78, 5) is 0. The molecule has 0 spiro atoms. The first-order valence-electron chi connectivity index (χ1n) is 7.65. The highest BCUT2D eigenvalue weighted by molar-refractivity contribution is 4.90. The van der Waals surface area contributed by atoms with Crippen LogP contribution in [0.1, 0.15) is 71.6 Å². The first-order valence-corrected chi connectivity index (χ1v) is 7.65. The van der Waals surface area contributed by atoms with E-state index in [-0.39, 0.29) is 0 Å². The molecule has 0 saturated heterocycles. The van der Waals surface area contributed by atoms with Crippen molar-refractivity contribution in [2.24, 2.45) is 0 Å². The maximum absolute atomic E-state index is 3.68. The molecule has 1 aliphatic carbocycles. The third-order valence-corrected chi connectivity index (χ3v) is 4.43. The second-order valence-electron chi connectivity index (χ2n) is 5.84. The van der Waals surface area contributed by atoms with Gasteiger partial charge in [-0.3, -0.25) is 0 Å². The summed E-state index contributed by atoms with van der Waals surface area (Å²) in [5, 5.41) is 7.28. The monoisotopic (exact) mass is 240 g/mol. The molecule has 1 saturated carbocycles. The molecule has 0 aliphatic heterocycles. The molecule has 0 bridgehead atoms. The van der Waals surface area contributed by atoms with E-state index in [0.717, 1.165) is 0 Å². The molecule has 1 rings (SSSR count). The Labute approximate surface area is 108 Å². The second kappa shape index (κ2) is 8.10. The fourth-order valence-electron chi connectivity index (χ4n) is 3.02. The van der Waals surface area contributed by atoms with Crippen LogP contribution in [0.4, 0.5) is 0 Å². The first kappa shape index (κ1) is 15.0. The van der Waals surface area contributed by atoms with Gasteiger partial charge in [0.1, 0.15) is 0 Å². The smallest absolute Gasteiger partial charge is 0.0190 e. The lowest BCUT2D eigenvalue weighted by atomic mass is 9.79. The van der Waals surface area contributed by atoms with Crippen molar-refractivity contribution in [2.45, 2.75) is 83.2 Å². The van der Waals surface area contributed by atoms with Crippen molar-refractivity contribution in [3.05, 3.63) is 0 Å². The molecule has 1 fully saturated rings. The van der Waals surface area contributed by atoms with Crippen LogP contribution in [0, 0.1) is 0 Å². The summed E-state index contributed by atoms with van der Waals surface area (Å²) in [5.74, 6) is 0. The summed E-state index contributed by atoms with van der Waals surface area (Å²) in [6, 6.07) is 0.687. The average Bonchev–Trinajstić information content (AvgIpc) is 2.37. The number of rotatable bonds is 8. The van der Waals surface area contributed by atoms with Gasteiger partial charge in [0.05, 0.1) is 0 Å². The van der Waals surface area contributed by atoms with Crippen LogP contribution >= 0.6 is 0 Å². The van der Waals surface area contributed by atoms with E-state index in [0.29, 0.717) is 11.6 Å². The zero-order valence-electron chi connectivity index (χ0n) is 12.1. The molecule has 0 aromatic carbocycles. The molecule has 0 radical (unpaired) electrons. The minimum atomic E-state index is 0.440. The van der Waals surface area contributed by atoms with Crippen LogP contribution in [0.5, 0.6) is 0 Å². The Morgan fingerprint density at radius 1 is 1.18 bits per heavy atom. The maximum atomic E-state index is 3.68. The van der Waals surface area contributed by atoms with Crippen LogP contribution in [0.25, 0.3) is 0 Å².